The highest BCUT2D eigenvalue weighted by Crippen LogP contribution is 2.17. The molecule has 86 valence electrons. The Bertz CT molecular complexity index is 217. The van der Waals surface area contributed by atoms with Crippen molar-refractivity contribution >= 4 is 5.91 Å². The van der Waals surface area contributed by atoms with Gasteiger partial charge in [-0.1, -0.05) is 0 Å². The number of carbonyl (C=O) groups excluding carboxylic acids is 1. The highest BCUT2D eigenvalue weighted by molar-refractivity contribution is 5.76. The predicted molar refractivity (Wildman–Crippen MR) is 57.6 cm³/mol. The Labute approximate surface area is 90.8 Å². The molecule has 2 rings (SSSR count). The van der Waals surface area contributed by atoms with Crippen molar-refractivity contribution in [2.24, 2.45) is 5.92 Å². The van der Waals surface area contributed by atoms with Crippen molar-refractivity contribution in [3.63, 3.8) is 0 Å². The number of hydrogen-bond acceptors (Lipinski definition) is 3. The van der Waals surface area contributed by atoms with Crippen LogP contribution in [0, 0.1) is 5.92 Å². The van der Waals surface area contributed by atoms with Crippen LogP contribution < -0.4 is 10.6 Å². The molecule has 3 atom stereocenters. The van der Waals surface area contributed by atoms with E-state index in [0.29, 0.717) is 24.4 Å². The third-order valence-electron chi connectivity index (χ3n) is 3.44. The molecule has 3 unspecified atom stereocenters. The molecule has 0 aromatic carbocycles. The van der Waals surface area contributed by atoms with Crippen LogP contribution >= 0.6 is 0 Å². The van der Waals surface area contributed by atoms with Crippen molar-refractivity contribution < 1.29 is 9.53 Å². The molecule has 0 saturated carbocycles. The number of ether oxygens (including phenoxy) is 1. The summed E-state index contributed by atoms with van der Waals surface area (Å²) in [5, 5.41) is 6.48. The number of carbonyl (C=O) groups is 1. The summed E-state index contributed by atoms with van der Waals surface area (Å²) in [6.45, 7) is 4.78. The second kappa shape index (κ2) is 4.94. The molecule has 0 aromatic rings. The lowest BCUT2D eigenvalue weighted by atomic mass is 9.98. The molecule has 2 heterocycles. The Balaban J connectivity index is 1.73. The van der Waals surface area contributed by atoms with Crippen LogP contribution in [-0.2, 0) is 9.53 Å². The van der Waals surface area contributed by atoms with E-state index in [9.17, 15) is 4.79 Å². The molecule has 0 spiro atoms. The summed E-state index contributed by atoms with van der Waals surface area (Å²) < 4.78 is 5.37. The zero-order valence-electron chi connectivity index (χ0n) is 9.29. The lowest BCUT2D eigenvalue weighted by Gasteiger charge is -2.29. The first-order valence-corrected chi connectivity index (χ1v) is 5.86. The number of rotatable bonds is 3. The van der Waals surface area contributed by atoms with Crippen LogP contribution in [-0.4, -0.2) is 37.7 Å². The molecule has 1 amide bonds. The van der Waals surface area contributed by atoms with E-state index < -0.39 is 0 Å². The monoisotopic (exact) mass is 212 g/mol. The average Bonchev–Trinajstić information content (AvgIpc) is 2.74. The van der Waals surface area contributed by atoms with Gasteiger partial charge in [-0.2, -0.15) is 0 Å². The molecule has 2 N–H and O–H groups in total. The van der Waals surface area contributed by atoms with Crippen molar-refractivity contribution in [3.05, 3.63) is 0 Å². The molecule has 4 heteroatoms. The Morgan fingerprint density at radius 2 is 2.40 bits per heavy atom. The summed E-state index contributed by atoms with van der Waals surface area (Å²) in [6, 6.07) is 0.936. The minimum atomic E-state index is 0.185. The third-order valence-corrected chi connectivity index (χ3v) is 3.44. The molecule has 2 aliphatic heterocycles. The van der Waals surface area contributed by atoms with Crippen molar-refractivity contribution in [1.29, 1.82) is 0 Å². The topological polar surface area (TPSA) is 50.4 Å². The van der Waals surface area contributed by atoms with E-state index in [1.54, 1.807) is 0 Å². The fourth-order valence-corrected chi connectivity index (χ4v) is 2.33. The Morgan fingerprint density at radius 1 is 1.53 bits per heavy atom. The summed E-state index contributed by atoms with van der Waals surface area (Å²) in [6.07, 6.45) is 2.78. The number of amides is 1. The first-order chi connectivity index (χ1) is 7.25. The average molecular weight is 212 g/mol. The van der Waals surface area contributed by atoms with Gasteiger partial charge < -0.3 is 15.4 Å². The van der Waals surface area contributed by atoms with Gasteiger partial charge in [0.2, 0.25) is 5.91 Å². The predicted octanol–water partition coefficient (Wildman–Crippen LogP) is 0.280. The van der Waals surface area contributed by atoms with Gasteiger partial charge in [-0.05, 0) is 25.7 Å². The van der Waals surface area contributed by atoms with E-state index in [0.717, 1.165) is 32.6 Å². The van der Waals surface area contributed by atoms with E-state index in [2.05, 4.69) is 17.6 Å². The maximum Gasteiger partial charge on any atom is 0.220 e. The van der Waals surface area contributed by atoms with E-state index in [1.807, 2.05) is 0 Å². The first kappa shape index (κ1) is 10.9. The molecular weight excluding hydrogens is 192 g/mol. The Kier molecular flexibility index (Phi) is 3.59. The quantitative estimate of drug-likeness (QED) is 0.706. The second-order valence-electron chi connectivity index (χ2n) is 4.62. The first-order valence-electron chi connectivity index (χ1n) is 5.86. The Hall–Kier alpha value is -0.610. The summed E-state index contributed by atoms with van der Waals surface area (Å²) in [5.74, 6) is 0.826. The zero-order valence-corrected chi connectivity index (χ0v) is 9.29. The molecule has 0 radical (unpaired) electrons. The lowest BCUT2D eigenvalue weighted by molar-refractivity contribution is -0.122. The van der Waals surface area contributed by atoms with Gasteiger partial charge in [0.25, 0.3) is 0 Å². The van der Waals surface area contributed by atoms with Gasteiger partial charge in [0, 0.05) is 31.7 Å². The van der Waals surface area contributed by atoms with Gasteiger partial charge in [-0.15, -0.1) is 0 Å². The minimum absolute atomic E-state index is 0.185. The molecule has 0 aliphatic carbocycles. The largest absolute Gasteiger partial charge is 0.381 e. The van der Waals surface area contributed by atoms with Crippen molar-refractivity contribution in [1.82, 2.24) is 10.6 Å². The molecular formula is C11H20N2O2. The van der Waals surface area contributed by atoms with Gasteiger partial charge in [-0.25, -0.2) is 0 Å². The maximum atomic E-state index is 11.0. The highest BCUT2D eigenvalue weighted by atomic mass is 16.5. The molecule has 15 heavy (non-hydrogen) atoms. The van der Waals surface area contributed by atoms with Crippen molar-refractivity contribution in [2.45, 2.75) is 38.3 Å². The van der Waals surface area contributed by atoms with Crippen LogP contribution in [0.2, 0.25) is 0 Å². The Morgan fingerprint density at radius 3 is 3.00 bits per heavy atom. The van der Waals surface area contributed by atoms with Crippen molar-refractivity contribution in [2.75, 3.05) is 19.8 Å². The van der Waals surface area contributed by atoms with E-state index in [-0.39, 0.29) is 5.91 Å². The minimum Gasteiger partial charge on any atom is -0.381 e. The summed E-state index contributed by atoms with van der Waals surface area (Å²) in [5.41, 5.74) is 0. The van der Waals surface area contributed by atoms with Gasteiger partial charge in [0.1, 0.15) is 0 Å². The number of nitrogens with one attached hydrogen (secondary N) is 2. The molecule has 0 bridgehead atoms. The highest BCUT2D eigenvalue weighted by Gasteiger charge is 2.25. The number of piperidine rings is 1. The van der Waals surface area contributed by atoms with E-state index in [1.165, 1.54) is 0 Å². The van der Waals surface area contributed by atoms with E-state index in [4.69, 9.17) is 4.74 Å². The molecule has 0 aromatic heterocycles. The van der Waals surface area contributed by atoms with Gasteiger partial charge in [-0.3, -0.25) is 4.79 Å². The van der Waals surface area contributed by atoms with Gasteiger partial charge >= 0.3 is 0 Å². The van der Waals surface area contributed by atoms with Crippen LogP contribution in [0.4, 0.5) is 0 Å². The summed E-state index contributed by atoms with van der Waals surface area (Å²) >= 11 is 0. The lowest BCUT2D eigenvalue weighted by Crippen LogP contribution is -2.50. The molecule has 4 nitrogen and oxygen atoms in total. The third kappa shape index (κ3) is 2.92. The van der Waals surface area contributed by atoms with Crippen LogP contribution in [0.5, 0.6) is 0 Å². The number of hydrogen-bond donors (Lipinski definition) is 2. The SMILES string of the molecule is CC(NC1CCC(=O)NC1)C1CCOC1. The standard InChI is InChI=1S/C11H20N2O2/c1-8(9-4-5-15-7-9)13-10-2-3-11(14)12-6-10/h8-10,13H,2-7H2,1H3,(H,12,14). The second-order valence-corrected chi connectivity index (χ2v) is 4.62. The van der Waals surface area contributed by atoms with Gasteiger partial charge in [0.05, 0.1) is 6.61 Å². The molecule has 2 fully saturated rings. The van der Waals surface area contributed by atoms with Crippen LogP contribution in [0.1, 0.15) is 26.2 Å². The smallest absolute Gasteiger partial charge is 0.220 e. The van der Waals surface area contributed by atoms with Gasteiger partial charge in [0.15, 0.2) is 0 Å². The van der Waals surface area contributed by atoms with Crippen LogP contribution in [0.3, 0.4) is 0 Å². The van der Waals surface area contributed by atoms with Crippen LogP contribution in [0.25, 0.3) is 0 Å². The summed E-state index contributed by atoms with van der Waals surface area (Å²) in [7, 11) is 0. The molecule has 2 saturated heterocycles. The maximum absolute atomic E-state index is 11.0. The van der Waals surface area contributed by atoms with Crippen LogP contribution in [0.15, 0.2) is 0 Å². The fourth-order valence-electron chi connectivity index (χ4n) is 2.33. The normalized spacial score (nSPS) is 33.8. The zero-order chi connectivity index (χ0) is 10.7. The summed E-state index contributed by atoms with van der Waals surface area (Å²) in [4.78, 5) is 11.0. The molecule has 2 aliphatic rings. The fraction of sp³-hybridized carbons (Fsp3) is 0.909. The van der Waals surface area contributed by atoms with Crippen molar-refractivity contribution in [3.8, 4) is 0 Å². The van der Waals surface area contributed by atoms with E-state index >= 15 is 0 Å².